The minimum absolute atomic E-state index is 0.358. The van der Waals surface area contributed by atoms with E-state index in [2.05, 4.69) is 39.1 Å². The molecule has 0 bridgehead atoms. The van der Waals surface area contributed by atoms with Crippen molar-refractivity contribution >= 4 is 15.9 Å². The van der Waals surface area contributed by atoms with Crippen molar-refractivity contribution < 1.29 is 9.47 Å². The molecule has 1 aliphatic rings. The molecule has 4 nitrogen and oxygen atoms in total. The fourth-order valence-corrected chi connectivity index (χ4v) is 3.11. The maximum absolute atomic E-state index is 5.39. The van der Waals surface area contributed by atoms with Crippen molar-refractivity contribution in [3.05, 3.63) is 22.2 Å². The number of methoxy groups -OCH3 is 2. The van der Waals surface area contributed by atoms with Crippen LogP contribution in [-0.4, -0.2) is 45.3 Å². The third-order valence-electron chi connectivity index (χ3n) is 3.65. The zero-order valence-corrected chi connectivity index (χ0v) is 13.3. The number of hydrogen-bond acceptors (Lipinski definition) is 4. The largest absolute Gasteiger partial charge is 0.493 e. The van der Waals surface area contributed by atoms with Gasteiger partial charge in [0.1, 0.15) is 0 Å². The molecule has 2 rings (SSSR count). The van der Waals surface area contributed by atoms with E-state index in [1.54, 1.807) is 14.2 Å². The SMILES string of the molecule is COc1cc(Br)c([C@H](C)N2CCNCC2)cc1OC. The summed E-state index contributed by atoms with van der Waals surface area (Å²) in [5.41, 5.74) is 1.24. The first-order valence-corrected chi connectivity index (χ1v) is 7.33. The number of nitrogens with one attached hydrogen (secondary N) is 1. The lowest BCUT2D eigenvalue weighted by atomic mass is 10.1. The fourth-order valence-electron chi connectivity index (χ4n) is 2.46. The van der Waals surface area contributed by atoms with Crippen LogP contribution in [0.3, 0.4) is 0 Å². The number of piperazine rings is 1. The van der Waals surface area contributed by atoms with Crippen LogP contribution in [-0.2, 0) is 0 Å². The number of hydrogen-bond donors (Lipinski definition) is 1. The molecule has 0 aliphatic carbocycles. The van der Waals surface area contributed by atoms with Gasteiger partial charge < -0.3 is 14.8 Å². The van der Waals surface area contributed by atoms with Gasteiger partial charge in [-0.2, -0.15) is 0 Å². The highest BCUT2D eigenvalue weighted by atomic mass is 79.9. The Morgan fingerprint density at radius 1 is 1.16 bits per heavy atom. The van der Waals surface area contributed by atoms with E-state index in [9.17, 15) is 0 Å². The molecule has 1 aromatic carbocycles. The second-order valence-corrected chi connectivity index (χ2v) is 5.54. The highest BCUT2D eigenvalue weighted by Gasteiger charge is 2.21. The number of benzene rings is 1. The lowest BCUT2D eigenvalue weighted by molar-refractivity contribution is 0.184. The molecule has 1 aliphatic heterocycles. The molecule has 0 aromatic heterocycles. The van der Waals surface area contributed by atoms with Crippen molar-refractivity contribution in [2.75, 3.05) is 40.4 Å². The molecule has 1 saturated heterocycles. The summed E-state index contributed by atoms with van der Waals surface area (Å²) >= 11 is 3.64. The van der Waals surface area contributed by atoms with Crippen molar-refractivity contribution in [2.24, 2.45) is 0 Å². The van der Waals surface area contributed by atoms with Gasteiger partial charge in [-0.25, -0.2) is 0 Å². The Morgan fingerprint density at radius 2 is 1.74 bits per heavy atom. The van der Waals surface area contributed by atoms with Crippen LogP contribution in [0.1, 0.15) is 18.5 Å². The third kappa shape index (κ3) is 3.22. The van der Waals surface area contributed by atoms with Crippen molar-refractivity contribution in [2.45, 2.75) is 13.0 Å². The number of nitrogens with zero attached hydrogens (tertiary/aromatic N) is 1. The molecule has 0 spiro atoms. The molecule has 0 saturated carbocycles. The minimum atomic E-state index is 0.358. The zero-order chi connectivity index (χ0) is 13.8. The molecular weight excluding hydrogens is 308 g/mol. The molecule has 1 aromatic rings. The summed E-state index contributed by atoms with van der Waals surface area (Å²) in [6.45, 7) is 6.48. The molecule has 106 valence electrons. The van der Waals surface area contributed by atoms with Crippen LogP contribution < -0.4 is 14.8 Å². The average Bonchev–Trinajstić information content (AvgIpc) is 2.47. The molecular formula is C14H21BrN2O2. The van der Waals surface area contributed by atoms with Gasteiger partial charge in [0, 0.05) is 36.7 Å². The molecule has 0 radical (unpaired) electrons. The van der Waals surface area contributed by atoms with E-state index in [0.717, 1.165) is 42.2 Å². The van der Waals surface area contributed by atoms with Gasteiger partial charge in [0.2, 0.25) is 0 Å². The van der Waals surface area contributed by atoms with Crippen molar-refractivity contribution in [3.8, 4) is 11.5 Å². The summed E-state index contributed by atoms with van der Waals surface area (Å²) in [7, 11) is 3.33. The van der Waals surface area contributed by atoms with Crippen molar-refractivity contribution in [1.82, 2.24) is 10.2 Å². The van der Waals surface area contributed by atoms with Crippen LogP contribution in [0, 0.1) is 0 Å². The number of ether oxygens (including phenoxy) is 2. The molecule has 5 heteroatoms. The number of rotatable bonds is 4. The first-order valence-electron chi connectivity index (χ1n) is 6.53. The van der Waals surface area contributed by atoms with Crippen LogP contribution >= 0.6 is 15.9 Å². The Bertz CT molecular complexity index is 434. The minimum Gasteiger partial charge on any atom is -0.493 e. The van der Waals surface area contributed by atoms with Gasteiger partial charge in [-0.15, -0.1) is 0 Å². The van der Waals surface area contributed by atoms with Crippen LogP contribution in [0.15, 0.2) is 16.6 Å². The Labute approximate surface area is 123 Å². The second kappa shape index (κ2) is 6.59. The quantitative estimate of drug-likeness (QED) is 0.920. The van der Waals surface area contributed by atoms with Gasteiger partial charge in [-0.05, 0) is 24.6 Å². The van der Waals surface area contributed by atoms with E-state index in [0.29, 0.717) is 6.04 Å². The highest BCUT2D eigenvalue weighted by Crippen LogP contribution is 2.37. The average molecular weight is 329 g/mol. The predicted molar refractivity (Wildman–Crippen MR) is 80.1 cm³/mol. The van der Waals surface area contributed by atoms with E-state index in [-0.39, 0.29) is 0 Å². The van der Waals surface area contributed by atoms with Crippen LogP contribution in [0.4, 0.5) is 0 Å². The maximum Gasteiger partial charge on any atom is 0.161 e. The summed E-state index contributed by atoms with van der Waals surface area (Å²) < 4.78 is 11.8. The summed E-state index contributed by atoms with van der Waals surface area (Å²) in [5.74, 6) is 1.54. The highest BCUT2D eigenvalue weighted by molar-refractivity contribution is 9.10. The lowest BCUT2D eigenvalue weighted by Gasteiger charge is -2.33. The predicted octanol–water partition coefficient (Wildman–Crippen LogP) is 2.43. The van der Waals surface area contributed by atoms with E-state index in [1.807, 2.05) is 6.07 Å². The molecule has 1 N–H and O–H groups in total. The Morgan fingerprint density at radius 3 is 2.32 bits per heavy atom. The first-order chi connectivity index (χ1) is 9.17. The van der Waals surface area contributed by atoms with E-state index in [4.69, 9.17) is 9.47 Å². The van der Waals surface area contributed by atoms with E-state index < -0.39 is 0 Å². The van der Waals surface area contributed by atoms with Crippen LogP contribution in [0.5, 0.6) is 11.5 Å². The molecule has 0 unspecified atom stereocenters. The van der Waals surface area contributed by atoms with Crippen molar-refractivity contribution in [1.29, 1.82) is 0 Å². The Kier molecular flexibility index (Phi) is 5.07. The second-order valence-electron chi connectivity index (χ2n) is 4.69. The molecule has 19 heavy (non-hydrogen) atoms. The van der Waals surface area contributed by atoms with Gasteiger partial charge in [-0.3, -0.25) is 4.90 Å². The van der Waals surface area contributed by atoms with Gasteiger partial charge in [0.15, 0.2) is 11.5 Å². The zero-order valence-electron chi connectivity index (χ0n) is 11.7. The monoisotopic (exact) mass is 328 g/mol. The molecule has 1 fully saturated rings. The van der Waals surface area contributed by atoms with Gasteiger partial charge in [-0.1, -0.05) is 15.9 Å². The molecule has 1 heterocycles. The molecule has 0 amide bonds. The summed E-state index contributed by atoms with van der Waals surface area (Å²) in [4.78, 5) is 2.47. The maximum atomic E-state index is 5.39. The summed E-state index contributed by atoms with van der Waals surface area (Å²) in [5, 5.41) is 3.38. The van der Waals surface area contributed by atoms with E-state index >= 15 is 0 Å². The molecule has 1 atom stereocenters. The standard InChI is InChI=1S/C14H21BrN2O2/c1-10(17-6-4-16-5-7-17)11-8-13(18-2)14(19-3)9-12(11)15/h8-10,16H,4-7H2,1-3H3/t10-/m0/s1. The van der Waals surface area contributed by atoms with Gasteiger partial charge in [0.25, 0.3) is 0 Å². The topological polar surface area (TPSA) is 33.7 Å². The van der Waals surface area contributed by atoms with Crippen LogP contribution in [0.2, 0.25) is 0 Å². The Hall–Kier alpha value is -0.780. The normalized spacial score (nSPS) is 18.1. The lowest BCUT2D eigenvalue weighted by Crippen LogP contribution is -2.44. The third-order valence-corrected chi connectivity index (χ3v) is 4.34. The Balaban J connectivity index is 2.27. The van der Waals surface area contributed by atoms with Gasteiger partial charge in [0.05, 0.1) is 14.2 Å². The smallest absolute Gasteiger partial charge is 0.161 e. The first kappa shape index (κ1) is 14.6. The summed E-state index contributed by atoms with van der Waals surface area (Å²) in [6.07, 6.45) is 0. The van der Waals surface area contributed by atoms with E-state index in [1.165, 1.54) is 5.56 Å². The summed E-state index contributed by atoms with van der Waals surface area (Å²) in [6, 6.07) is 4.40. The van der Waals surface area contributed by atoms with Gasteiger partial charge >= 0.3 is 0 Å². The number of halogens is 1. The fraction of sp³-hybridized carbons (Fsp3) is 0.571. The van der Waals surface area contributed by atoms with Crippen LogP contribution in [0.25, 0.3) is 0 Å². The van der Waals surface area contributed by atoms with Crippen molar-refractivity contribution in [3.63, 3.8) is 0 Å².